The topological polar surface area (TPSA) is 80.9 Å². The van der Waals surface area contributed by atoms with E-state index in [0.717, 1.165) is 36.8 Å². The lowest BCUT2D eigenvalue weighted by molar-refractivity contribution is 0.365. The molecule has 4 heteroatoms. The van der Waals surface area contributed by atoms with Crippen molar-refractivity contribution in [3.05, 3.63) is 118 Å². The zero-order chi connectivity index (χ0) is 34.0. The second-order valence-corrected chi connectivity index (χ2v) is 14.5. The van der Waals surface area contributed by atoms with Crippen LogP contribution in [-0.4, -0.2) is 20.4 Å². The summed E-state index contributed by atoms with van der Waals surface area (Å²) in [6.45, 7) is 3.94. The van der Waals surface area contributed by atoms with E-state index in [1.165, 1.54) is 99.3 Å². The molecule has 0 heterocycles. The van der Waals surface area contributed by atoms with Gasteiger partial charge in [-0.1, -0.05) is 126 Å². The quantitative estimate of drug-likeness (QED) is 0.177. The second-order valence-electron chi connectivity index (χ2n) is 14.5. The van der Waals surface area contributed by atoms with Crippen molar-refractivity contribution in [1.29, 1.82) is 0 Å². The van der Waals surface area contributed by atoms with Gasteiger partial charge < -0.3 is 20.4 Å². The summed E-state index contributed by atoms with van der Waals surface area (Å²) in [5.41, 5.74) is 7.00. The van der Waals surface area contributed by atoms with Crippen molar-refractivity contribution in [3.8, 4) is 23.0 Å². The van der Waals surface area contributed by atoms with Crippen molar-refractivity contribution in [2.24, 2.45) is 0 Å². The normalized spacial score (nSPS) is 18.4. The predicted molar refractivity (Wildman–Crippen MR) is 197 cm³/mol. The zero-order valence-corrected chi connectivity index (χ0v) is 29.2. The van der Waals surface area contributed by atoms with E-state index >= 15 is 0 Å². The summed E-state index contributed by atoms with van der Waals surface area (Å²) in [6, 6.07) is 27.7. The van der Waals surface area contributed by atoms with Gasteiger partial charge in [0.2, 0.25) is 0 Å². The van der Waals surface area contributed by atoms with Gasteiger partial charge in [-0.3, -0.25) is 0 Å². The molecule has 2 saturated carbocycles. The van der Waals surface area contributed by atoms with Gasteiger partial charge in [-0.15, -0.1) is 0 Å². The Labute approximate surface area is 288 Å². The van der Waals surface area contributed by atoms with E-state index in [9.17, 15) is 20.4 Å². The molecule has 2 fully saturated rings. The third-order valence-electron chi connectivity index (χ3n) is 11.3. The summed E-state index contributed by atoms with van der Waals surface area (Å²) in [4.78, 5) is 0. The van der Waals surface area contributed by atoms with Crippen molar-refractivity contribution < 1.29 is 20.4 Å². The van der Waals surface area contributed by atoms with Gasteiger partial charge in [-0.05, 0) is 109 Å². The van der Waals surface area contributed by atoms with E-state index in [1.54, 1.807) is 24.3 Å². The van der Waals surface area contributed by atoms with Gasteiger partial charge >= 0.3 is 0 Å². The first-order valence-electron chi connectivity index (χ1n) is 18.4. The number of hydrogen-bond donors (Lipinski definition) is 4. The molecule has 0 spiro atoms. The molecule has 4 N–H and O–H groups in total. The van der Waals surface area contributed by atoms with Gasteiger partial charge in [0.25, 0.3) is 0 Å². The number of phenols is 4. The summed E-state index contributed by atoms with van der Waals surface area (Å²) in [7, 11) is 0. The molecule has 0 bridgehead atoms. The van der Waals surface area contributed by atoms with Crippen LogP contribution in [0.3, 0.4) is 0 Å². The maximum Gasteiger partial charge on any atom is 0.118 e. The third kappa shape index (κ3) is 8.38. The van der Waals surface area contributed by atoms with Crippen LogP contribution in [0.15, 0.2) is 84.9 Å². The van der Waals surface area contributed by atoms with Gasteiger partial charge in [0, 0.05) is 10.8 Å². The fraction of sp³-hybridized carbons (Fsp3) is 0.455. The Hall–Kier alpha value is -3.92. The molecule has 0 aromatic heterocycles. The van der Waals surface area contributed by atoms with Crippen molar-refractivity contribution in [3.63, 3.8) is 0 Å². The molecule has 2 aliphatic carbocycles. The molecule has 0 aliphatic heterocycles. The number of phenolic OH excluding ortho intramolecular Hbond substituents is 4. The highest BCUT2D eigenvalue weighted by atomic mass is 16.3. The number of benzene rings is 4. The highest BCUT2D eigenvalue weighted by Crippen LogP contribution is 2.46. The molecule has 256 valence electrons. The smallest absolute Gasteiger partial charge is 0.118 e. The number of rotatable bonds is 4. The van der Waals surface area contributed by atoms with Crippen LogP contribution in [0, 0.1) is 13.8 Å². The maximum atomic E-state index is 9.94. The van der Waals surface area contributed by atoms with Crippen LogP contribution >= 0.6 is 0 Å². The molecular weight excluding hydrogens is 592 g/mol. The summed E-state index contributed by atoms with van der Waals surface area (Å²) in [5.74, 6) is 1.36. The van der Waals surface area contributed by atoms with Gasteiger partial charge in [0.15, 0.2) is 0 Å². The molecule has 0 amide bonds. The minimum absolute atomic E-state index is 0.0151. The van der Waals surface area contributed by atoms with Crippen LogP contribution in [0.2, 0.25) is 0 Å². The highest BCUT2D eigenvalue weighted by molar-refractivity contribution is 5.48. The van der Waals surface area contributed by atoms with E-state index in [0.29, 0.717) is 23.0 Å². The minimum atomic E-state index is -0.0165. The van der Waals surface area contributed by atoms with E-state index < -0.39 is 0 Å². The molecule has 6 rings (SSSR count). The standard InChI is InChI=1S/2C22H28O2/c1-16-14-18(8-10-20(16)23)22(12-6-4-3-5-7-13-22)19-9-11-21(24)17(2)15-19;23-20-12-8-18(9-13-20)22(19-10-14-21(24)15-11-19)16-6-4-2-1-3-5-7-17-22/h8-11,14-15,23-24H,3-7,12-13H2,1-2H3;8-15,23-24H,1-7,16-17H2. The predicted octanol–water partition coefficient (Wildman–Crippen LogP) is 11.7. The van der Waals surface area contributed by atoms with Crippen molar-refractivity contribution in [2.75, 3.05) is 0 Å². The lowest BCUT2D eigenvalue weighted by atomic mass is 9.66. The Bertz CT molecular complexity index is 1470. The SMILES string of the molecule is Cc1cc(C2(c3ccc(O)c(C)c3)CCCCCCC2)ccc1O.Oc1ccc(C2(c3ccc(O)cc3)CCCCCCCCC2)cc1. The monoisotopic (exact) mass is 648 g/mol. The summed E-state index contributed by atoms with van der Waals surface area (Å²) in [5, 5.41) is 39.3. The molecule has 0 unspecified atom stereocenters. The molecule has 0 saturated heterocycles. The van der Waals surface area contributed by atoms with Crippen molar-refractivity contribution in [1.82, 2.24) is 0 Å². The van der Waals surface area contributed by atoms with E-state index in [4.69, 9.17) is 0 Å². The minimum Gasteiger partial charge on any atom is -0.508 e. The molecule has 0 atom stereocenters. The Morgan fingerprint density at radius 1 is 0.354 bits per heavy atom. The fourth-order valence-electron chi connectivity index (χ4n) is 8.33. The molecule has 0 radical (unpaired) electrons. The Balaban J connectivity index is 0.000000188. The largest absolute Gasteiger partial charge is 0.508 e. The second kappa shape index (κ2) is 16.5. The van der Waals surface area contributed by atoms with Crippen LogP contribution in [0.1, 0.15) is 136 Å². The maximum absolute atomic E-state index is 9.94. The van der Waals surface area contributed by atoms with E-state index in [1.807, 2.05) is 26.0 Å². The molecule has 4 nitrogen and oxygen atoms in total. The average molecular weight is 649 g/mol. The summed E-state index contributed by atoms with van der Waals surface area (Å²) >= 11 is 0. The van der Waals surface area contributed by atoms with Crippen LogP contribution in [-0.2, 0) is 10.8 Å². The average Bonchev–Trinajstić information content (AvgIpc) is 3.07. The first-order valence-corrected chi connectivity index (χ1v) is 18.4. The van der Waals surface area contributed by atoms with Gasteiger partial charge in [-0.2, -0.15) is 0 Å². The van der Waals surface area contributed by atoms with Crippen LogP contribution < -0.4 is 0 Å². The van der Waals surface area contributed by atoms with Crippen LogP contribution in [0.4, 0.5) is 0 Å². The molecule has 4 aromatic carbocycles. The Morgan fingerprint density at radius 2 is 0.625 bits per heavy atom. The fourth-order valence-corrected chi connectivity index (χ4v) is 8.33. The zero-order valence-electron chi connectivity index (χ0n) is 29.2. The Kier molecular flexibility index (Phi) is 12.1. The molecule has 48 heavy (non-hydrogen) atoms. The van der Waals surface area contributed by atoms with Gasteiger partial charge in [0.1, 0.15) is 23.0 Å². The molecule has 2 aliphatic rings. The lowest BCUT2D eigenvalue weighted by Crippen LogP contribution is -2.29. The van der Waals surface area contributed by atoms with Crippen molar-refractivity contribution >= 4 is 0 Å². The van der Waals surface area contributed by atoms with E-state index in [2.05, 4.69) is 48.5 Å². The van der Waals surface area contributed by atoms with E-state index in [-0.39, 0.29) is 10.8 Å². The number of aryl methyl sites for hydroxylation is 2. The Morgan fingerprint density at radius 3 is 0.938 bits per heavy atom. The molecule has 4 aromatic rings. The molecular formula is C44H56O4. The van der Waals surface area contributed by atoms with Gasteiger partial charge in [0.05, 0.1) is 0 Å². The summed E-state index contributed by atoms with van der Waals surface area (Å²) in [6.07, 6.45) is 19.9. The first kappa shape index (κ1) is 35.4. The third-order valence-corrected chi connectivity index (χ3v) is 11.3. The van der Waals surface area contributed by atoms with Crippen LogP contribution in [0.25, 0.3) is 0 Å². The number of hydrogen-bond acceptors (Lipinski definition) is 4. The van der Waals surface area contributed by atoms with Crippen LogP contribution in [0.5, 0.6) is 23.0 Å². The van der Waals surface area contributed by atoms with Gasteiger partial charge in [-0.25, -0.2) is 0 Å². The lowest BCUT2D eigenvalue weighted by Gasteiger charge is -2.37. The first-order chi connectivity index (χ1) is 23.2. The van der Waals surface area contributed by atoms with Crippen molar-refractivity contribution in [2.45, 2.75) is 127 Å². The summed E-state index contributed by atoms with van der Waals surface area (Å²) < 4.78 is 0. The number of aromatic hydroxyl groups is 4. The highest BCUT2D eigenvalue weighted by Gasteiger charge is 2.35.